The summed E-state index contributed by atoms with van der Waals surface area (Å²) >= 11 is 0. The molecule has 0 bridgehead atoms. The lowest BCUT2D eigenvalue weighted by atomic mass is 9.80. The van der Waals surface area contributed by atoms with Gasteiger partial charge in [-0.25, -0.2) is 9.18 Å². The number of hydrogen-bond acceptors (Lipinski definition) is 4. The molecule has 1 aliphatic rings. The summed E-state index contributed by atoms with van der Waals surface area (Å²) in [5.41, 5.74) is 0.539. The second-order valence-corrected chi connectivity index (χ2v) is 6.09. The first-order valence-corrected chi connectivity index (χ1v) is 7.90. The maximum absolute atomic E-state index is 13.2. The summed E-state index contributed by atoms with van der Waals surface area (Å²) in [5, 5.41) is 12.0. The van der Waals surface area contributed by atoms with Gasteiger partial charge < -0.3 is 14.5 Å². The number of hydrogen-bond donors (Lipinski definition) is 1. The molecule has 0 saturated carbocycles. The fraction of sp³-hybridized carbons (Fsp3) is 0.438. The molecule has 2 heterocycles. The van der Waals surface area contributed by atoms with Crippen LogP contribution in [0.1, 0.15) is 36.0 Å². The zero-order valence-electron chi connectivity index (χ0n) is 13.4. The predicted molar refractivity (Wildman–Crippen MR) is 79.9 cm³/mol. The van der Waals surface area contributed by atoms with Crippen LogP contribution < -0.4 is 0 Å². The third-order valence-corrected chi connectivity index (χ3v) is 4.47. The summed E-state index contributed by atoms with van der Waals surface area (Å²) in [6, 6.07) is 5.33. The van der Waals surface area contributed by atoms with E-state index in [0.717, 1.165) is 0 Å². The molecule has 1 aromatic carbocycles. The Balaban J connectivity index is 1.91. The van der Waals surface area contributed by atoms with Crippen LogP contribution >= 0.6 is 0 Å². The molecule has 1 N–H and O–H groups in total. The molecule has 1 aliphatic heterocycles. The molecule has 0 aliphatic carbocycles. The average molecular weight is 373 g/mol. The SMILES string of the molecule is O=C(O)N1CCC(C(c2ccc(F)cc2)c2nc(C(F)(F)F)no2)CC1. The molecular weight excluding hydrogens is 358 g/mol. The molecule has 6 nitrogen and oxygen atoms in total. The first kappa shape index (κ1) is 18.2. The molecule has 1 atom stereocenters. The average Bonchev–Trinajstić information content (AvgIpc) is 3.07. The molecule has 10 heteroatoms. The third-order valence-electron chi connectivity index (χ3n) is 4.47. The summed E-state index contributed by atoms with van der Waals surface area (Å²) in [4.78, 5) is 15.8. The van der Waals surface area contributed by atoms with Gasteiger partial charge in [0.05, 0.1) is 5.92 Å². The minimum absolute atomic E-state index is 0.210. The van der Waals surface area contributed by atoms with Crippen molar-refractivity contribution in [1.82, 2.24) is 15.0 Å². The minimum Gasteiger partial charge on any atom is -0.465 e. The number of benzene rings is 1. The Morgan fingerprint density at radius 1 is 1.23 bits per heavy atom. The third kappa shape index (κ3) is 3.78. The highest BCUT2D eigenvalue weighted by molar-refractivity contribution is 5.65. The van der Waals surface area contributed by atoms with E-state index in [9.17, 15) is 22.4 Å². The first-order chi connectivity index (χ1) is 12.3. The molecule has 26 heavy (non-hydrogen) atoms. The second kappa shape index (κ2) is 6.93. The van der Waals surface area contributed by atoms with Crippen molar-refractivity contribution in [2.45, 2.75) is 24.9 Å². The number of carboxylic acid groups (broad SMARTS) is 1. The van der Waals surface area contributed by atoms with Crippen LogP contribution in [0.15, 0.2) is 28.8 Å². The second-order valence-electron chi connectivity index (χ2n) is 6.09. The van der Waals surface area contributed by atoms with Gasteiger partial charge in [-0.15, -0.1) is 0 Å². The van der Waals surface area contributed by atoms with E-state index in [1.165, 1.54) is 29.2 Å². The highest BCUT2D eigenvalue weighted by Crippen LogP contribution is 2.38. The van der Waals surface area contributed by atoms with Gasteiger partial charge in [0.15, 0.2) is 0 Å². The quantitative estimate of drug-likeness (QED) is 0.829. The van der Waals surface area contributed by atoms with E-state index < -0.39 is 29.8 Å². The Labute approximate surface area is 145 Å². The Morgan fingerprint density at radius 2 is 1.85 bits per heavy atom. The van der Waals surface area contributed by atoms with Crippen LogP contribution in [-0.2, 0) is 6.18 Å². The minimum atomic E-state index is -4.73. The van der Waals surface area contributed by atoms with Gasteiger partial charge in [0, 0.05) is 13.1 Å². The smallest absolute Gasteiger partial charge is 0.455 e. The van der Waals surface area contributed by atoms with Crippen molar-refractivity contribution < 1.29 is 32.0 Å². The van der Waals surface area contributed by atoms with E-state index in [0.29, 0.717) is 18.4 Å². The van der Waals surface area contributed by atoms with Gasteiger partial charge in [-0.2, -0.15) is 18.2 Å². The van der Waals surface area contributed by atoms with Crippen molar-refractivity contribution in [3.63, 3.8) is 0 Å². The number of nitrogens with zero attached hydrogens (tertiary/aromatic N) is 3. The fourth-order valence-electron chi connectivity index (χ4n) is 3.19. The van der Waals surface area contributed by atoms with E-state index in [1.54, 1.807) is 0 Å². The molecule has 1 fully saturated rings. The van der Waals surface area contributed by atoms with Gasteiger partial charge in [0.1, 0.15) is 5.82 Å². The van der Waals surface area contributed by atoms with Crippen LogP contribution in [0.2, 0.25) is 0 Å². The van der Waals surface area contributed by atoms with Crippen LogP contribution in [0, 0.1) is 11.7 Å². The van der Waals surface area contributed by atoms with Crippen LogP contribution in [-0.4, -0.2) is 39.3 Å². The molecular formula is C16H15F4N3O3. The molecule has 0 radical (unpaired) electrons. The standard InChI is InChI=1S/C16H15F4N3O3/c17-11-3-1-9(2-4-11)12(10-5-7-23(8-6-10)15(24)25)13-21-14(22-26-13)16(18,19)20/h1-4,10,12H,5-8H2,(H,24,25). The van der Waals surface area contributed by atoms with Crippen molar-refractivity contribution in [2.75, 3.05) is 13.1 Å². The number of likely N-dealkylation sites (tertiary alicyclic amines) is 1. The van der Waals surface area contributed by atoms with Crippen molar-refractivity contribution in [2.24, 2.45) is 5.92 Å². The first-order valence-electron chi connectivity index (χ1n) is 7.90. The maximum atomic E-state index is 13.2. The number of halogens is 4. The van der Waals surface area contributed by atoms with Crippen LogP contribution in [0.4, 0.5) is 22.4 Å². The molecule has 3 rings (SSSR count). The summed E-state index contributed by atoms with van der Waals surface area (Å²) in [7, 11) is 0. The Hall–Kier alpha value is -2.65. The normalized spacial score (nSPS) is 17.3. The van der Waals surface area contributed by atoms with E-state index in [1.807, 2.05) is 0 Å². The van der Waals surface area contributed by atoms with E-state index in [2.05, 4.69) is 10.1 Å². The van der Waals surface area contributed by atoms with Crippen LogP contribution in [0.5, 0.6) is 0 Å². The van der Waals surface area contributed by atoms with Gasteiger partial charge >= 0.3 is 12.3 Å². The van der Waals surface area contributed by atoms with Gasteiger partial charge in [0.25, 0.3) is 5.82 Å². The lowest BCUT2D eigenvalue weighted by Crippen LogP contribution is -2.39. The monoisotopic (exact) mass is 373 g/mol. The van der Waals surface area contributed by atoms with Gasteiger partial charge in [-0.05, 0) is 36.5 Å². The zero-order chi connectivity index (χ0) is 18.9. The van der Waals surface area contributed by atoms with E-state index >= 15 is 0 Å². The molecule has 0 spiro atoms. The van der Waals surface area contributed by atoms with E-state index in [4.69, 9.17) is 9.63 Å². The summed E-state index contributed by atoms with van der Waals surface area (Å²) < 4.78 is 56.5. The van der Waals surface area contributed by atoms with E-state index in [-0.39, 0.29) is 24.9 Å². The largest absolute Gasteiger partial charge is 0.465 e. The zero-order valence-corrected chi connectivity index (χ0v) is 13.4. The summed E-state index contributed by atoms with van der Waals surface area (Å²) in [6.07, 6.45) is -4.95. The molecule has 1 unspecified atom stereocenters. The highest BCUT2D eigenvalue weighted by Gasteiger charge is 2.40. The van der Waals surface area contributed by atoms with Gasteiger partial charge in [0.2, 0.25) is 5.89 Å². The lowest BCUT2D eigenvalue weighted by Gasteiger charge is -2.33. The molecule has 1 amide bonds. The maximum Gasteiger partial charge on any atom is 0.455 e. The molecule has 140 valence electrons. The predicted octanol–water partition coefficient (Wildman–Crippen LogP) is 3.75. The van der Waals surface area contributed by atoms with Crippen molar-refractivity contribution in [3.05, 3.63) is 47.4 Å². The van der Waals surface area contributed by atoms with Crippen molar-refractivity contribution in [1.29, 1.82) is 0 Å². The van der Waals surface area contributed by atoms with Crippen LogP contribution in [0.25, 0.3) is 0 Å². The number of rotatable bonds is 3. The fourth-order valence-corrected chi connectivity index (χ4v) is 3.19. The Kier molecular flexibility index (Phi) is 4.84. The van der Waals surface area contributed by atoms with Crippen LogP contribution in [0.3, 0.4) is 0 Å². The highest BCUT2D eigenvalue weighted by atomic mass is 19.4. The Morgan fingerprint density at radius 3 is 2.35 bits per heavy atom. The molecule has 1 aromatic heterocycles. The van der Waals surface area contributed by atoms with Crippen molar-refractivity contribution in [3.8, 4) is 0 Å². The number of piperidine rings is 1. The van der Waals surface area contributed by atoms with Gasteiger partial charge in [-0.1, -0.05) is 17.3 Å². The molecule has 2 aromatic rings. The molecule has 1 saturated heterocycles. The lowest BCUT2D eigenvalue weighted by molar-refractivity contribution is -0.146. The van der Waals surface area contributed by atoms with Crippen molar-refractivity contribution >= 4 is 6.09 Å². The van der Waals surface area contributed by atoms with Gasteiger partial charge in [-0.3, -0.25) is 0 Å². The number of alkyl halides is 3. The number of aromatic nitrogens is 2. The summed E-state index contributed by atoms with van der Waals surface area (Å²) in [5.74, 6) is -2.94. The topological polar surface area (TPSA) is 79.5 Å². The number of carbonyl (C=O) groups is 1. The Bertz CT molecular complexity index is 768. The number of amides is 1. The summed E-state index contributed by atoms with van der Waals surface area (Å²) in [6.45, 7) is 0.496.